The van der Waals surface area contributed by atoms with Gasteiger partial charge in [-0.1, -0.05) is 34.1 Å². The molecular formula is C26H26BrN5O2. The highest BCUT2D eigenvalue weighted by molar-refractivity contribution is 9.10. The third-order valence-corrected chi connectivity index (χ3v) is 6.85. The zero-order valence-electron chi connectivity index (χ0n) is 19.0. The van der Waals surface area contributed by atoms with Crippen molar-refractivity contribution in [3.05, 3.63) is 83.1 Å². The molecule has 3 heterocycles. The highest BCUT2D eigenvalue weighted by atomic mass is 79.9. The number of carbonyl (C=O) groups is 1. The summed E-state index contributed by atoms with van der Waals surface area (Å²) in [6.45, 7) is 3.39. The first kappa shape index (κ1) is 22.4. The molecule has 174 valence electrons. The summed E-state index contributed by atoms with van der Waals surface area (Å²) in [6.07, 6.45) is 3.90. The first-order valence-corrected chi connectivity index (χ1v) is 12.1. The summed E-state index contributed by atoms with van der Waals surface area (Å²) in [5.41, 5.74) is 4.09. The number of rotatable bonds is 4. The quantitative estimate of drug-likeness (QED) is 0.462. The number of piperazine rings is 1. The molecule has 0 saturated carbocycles. The minimum atomic E-state index is -0.245. The zero-order chi connectivity index (χ0) is 23.5. The summed E-state index contributed by atoms with van der Waals surface area (Å²) < 4.78 is 6.08. The van der Waals surface area contributed by atoms with E-state index in [1.165, 1.54) is 12.8 Å². The minimum absolute atomic E-state index is 0.212. The third-order valence-electron chi connectivity index (χ3n) is 6.33. The first-order chi connectivity index (χ1) is 16.6. The van der Waals surface area contributed by atoms with E-state index in [1.807, 2.05) is 54.9 Å². The maximum atomic E-state index is 12.5. The Bertz CT molecular complexity index is 1180. The lowest BCUT2D eigenvalue weighted by Gasteiger charge is -2.45. The van der Waals surface area contributed by atoms with Crippen LogP contribution in [0.15, 0.2) is 82.5 Å². The molecule has 2 aliphatic heterocycles. The van der Waals surface area contributed by atoms with E-state index >= 15 is 0 Å². The Balaban J connectivity index is 1.51. The van der Waals surface area contributed by atoms with Gasteiger partial charge in [0.1, 0.15) is 0 Å². The molecule has 1 atom stereocenters. The number of pyridine rings is 1. The average molecular weight is 520 g/mol. The number of anilines is 2. The number of para-hydroxylation sites is 1. The SMILES string of the molecule is COC(=O)CC1c2ccccc2N=C(N2CCN(c3ccncc3)CC2)N1c1ccc(Br)cc1. The van der Waals surface area contributed by atoms with Gasteiger partial charge >= 0.3 is 5.97 Å². The number of fused-ring (bicyclic) bond motifs is 1. The number of carbonyl (C=O) groups excluding carboxylic acids is 1. The lowest BCUT2D eigenvalue weighted by atomic mass is 9.97. The van der Waals surface area contributed by atoms with E-state index in [1.54, 1.807) is 0 Å². The largest absolute Gasteiger partial charge is 0.469 e. The number of guanidine groups is 1. The van der Waals surface area contributed by atoms with Crippen LogP contribution in [0.25, 0.3) is 0 Å². The standard InChI is InChI=1S/C26H26BrN5O2/c1-34-25(33)18-24-22-4-2-3-5-23(22)29-26(32(24)21-8-6-19(27)7-9-21)31-16-14-30(15-17-31)20-10-12-28-13-11-20/h2-13,24H,14-18H2,1H3. The minimum Gasteiger partial charge on any atom is -0.469 e. The molecule has 0 radical (unpaired) electrons. The van der Waals surface area contributed by atoms with Crippen LogP contribution in [0.3, 0.4) is 0 Å². The normalized spacial score (nSPS) is 17.8. The van der Waals surface area contributed by atoms with Gasteiger partial charge in [-0.15, -0.1) is 0 Å². The molecule has 8 heteroatoms. The van der Waals surface area contributed by atoms with Gasteiger partial charge in [0.05, 0.1) is 25.3 Å². The number of aliphatic imine (C=N–C) groups is 1. The lowest BCUT2D eigenvalue weighted by Crippen LogP contribution is -2.55. The summed E-state index contributed by atoms with van der Waals surface area (Å²) in [7, 11) is 1.44. The smallest absolute Gasteiger partial charge is 0.307 e. The second-order valence-electron chi connectivity index (χ2n) is 8.29. The number of hydrogen-bond acceptors (Lipinski definition) is 7. The number of hydrogen-bond donors (Lipinski definition) is 0. The van der Waals surface area contributed by atoms with Crippen molar-refractivity contribution in [1.29, 1.82) is 0 Å². The van der Waals surface area contributed by atoms with E-state index in [9.17, 15) is 4.79 Å². The van der Waals surface area contributed by atoms with E-state index in [-0.39, 0.29) is 18.4 Å². The van der Waals surface area contributed by atoms with E-state index in [2.05, 4.69) is 53.8 Å². The maximum absolute atomic E-state index is 12.5. The van der Waals surface area contributed by atoms with Crippen LogP contribution in [0.5, 0.6) is 0 Å². The molecule has 0 amide bonds. The molecule has 0 N–H and O–H groups in total. The molecule has 0 bridgehead atoms. The molecule has 1 saturated heterocycles. The van der Waals surface area contributed by atoms with Gasteiger partial charge in [-0.05, 0) is 42.5 Å². The fourth-order valence-electron chi connectivity index (χ4n) is 4.59. The summed E-state index contributed by atoms with van der Waals surface area (Å²) in [5.74, 6) is 0.620. The third kappa shape index (κ3) is 4.50. The number of benzene rings is 2. The summed E-state index contributed by atoms with van der Waals surface area (Å²) >= 11 is 3.54. The maximum Gasteiger partial charge on any atom is 0.307 e. The molecule has 0 aliphatic carbocycles. The van der Waals surface area contributed by atoms with Gasteiger partial charge in [-0.2, -0.15) is 0 Å². The van der Waals surface area contributed by atoms with E-state index in [4.69, 9.17) is 9.73 Å². The molecule has 5 rings (SSSR count). The van der Waals surface area contributed by atoms with Gasteiger partial charge in [-0.3, -0.25) is 9.78 Å². The molecule has 2 aromatic carbocycles. The first-order valence-electron chi connectivity index (χ1n) is 11.3. The van der Waals surface area contributed by atoms with Gasteiger partial charge in [0.15, 0.2) is 0 Å². The molecule has 0 spiro atoms. The molecule has 2 aliphatic rings. The summed E-state index contributed by atoms with van der Waals surface area (Å²) in [6, 6.07) is 20.1. The summed E-state index contributed by atoms with van der Waals surface area (Å²) in [4.78, 5) is 28.6. The molecule has 1 aromatic heterocycles. The molecule has 1 unspecified atom stereocenters. The molecule has 3 aromatic rings. The highest BCUT2D eigenvalue weighted by Gasteiger charge is 2.36. The molecule has 7 nitrogen and oxygen atoms in total. The number of halogens is 1. The summed E-state index contributed by atoms with van der Waals surface area (Å²) in [5, 5.41) is 0. The molecule has 34 heavy (non-hydrogen) atoms. The van der Waals surface area contributed by atoms with Crippen LogP contribution in [0, 0.1) is 0 Å². The van der Waals surface area contributed by atoms with Crippen molar-refractivity contribution in [2.24, 2.45) is 4.99 Å². The number of methoxy groups -OCH3 is 1. The monoisotopic (exact) mass is 519 g/mol. The predicted octanol–water partition coefficient (Wildman–Crippen LogP) is 4.78. The van der Waals surface area contributed by atoms with Crippen LogP contribution in [0.4, 0.5) is 17.1 Å². The van der Waals surface area contributed by atoms with Gasteiger partial charge in [0.25, 0.3) is 0 Å². The van der Waals surface area contributed by atoms with Crippen LogP contribution in [0.1, 0.15) is 18.0 Å². The Kier molecular flexibility index (Phi) is 6.49. The van der Waals surface area contributed by atoms with E-state index in [0.29, 0.717) is 0 Å². The molecular weight excluding hydrogens is 494 g/mol. The Morgan fingerprint density at radius 1 is 0.941 bits per heavy atom. The van der Waals surface area contributed by atoms with Crippen molar-refractivity contribution in [1.82, 2.24) is 9.88 Å². The van der Waals surface area contributed by atoms with Crippen molar-refractivity contribution in [3.8, 4) is 0 Å². The highest BCUT2D eigenvalue weighted by Crippen LogP contribution is 2.41. The van der Waals surface area contributed by atoms with Crippen molar-refractivity contribution in [2.75, 3.05) is 43.1 Å². The Hall–Kier alpha value is -3.39. The Morgan fingerprint density at radius 3 is 2.32 bits per heavy atom. The van der Waals surface area contributed by atoms with Gasteiger partial charge in [0, 0.05) is 60.0 Å². The predicted molar refractivity (Wildman–Crippen MR) is 138 cm³/mol. The van der Waals surface area contributed by atoms with Crippen LogP contribution >= 0.6 is 15.9 Å². The van der Waals surface area contributed by atoms with E-state index < -0.39 is 0 Å². The van der Waals surface area contributed by atoms with Crippen molar-refractivity contribution < 1.29 is 9.53 Å². The number of ether oxygens (including phenoxy) is 1. The average Bonchev–Trinajstić information content (AvgIpc) is 2.89. The van der Waals surface area contributed by atoms with Crippen LogP contribution < -0.4 is 9.80 Å². The zero-order valence-corrected chi connectivity index (χ0v) is 20.6. The Morgan fingerprint density at radius 2 is 1.62 bits per heavy atom. The van der Waals surface area contributed by atoms with E-state index in [0.717, 1.165) is 53.5 Å². The number of esters is 1. The second-order valence-corrected chi connectivity index (χ2v) is 9.21. The Labute approximate surface area is 207 Å². The van der Waals surface area contributed by atoms with Crippen LogP contribution in [-0.4, -0.2) is 55.1 Å². The second kappa shape index (κ2) is 9.85. The number of aromatic nitrogens is 1. The fourth-order valence-corrected chi connectivity index (χ4v) is 4.86. The van der Waals surface area contributed by atoms with Gasteiger partial charge < -0.3 is 19.4 Å². The van der Waals surface area contributed by atoms with Crippen molar-refractivity contribution in [2.45, 2.75) is 12.5 Å². The van der Waals surface area contributed by atoms with Crippen LogP contribution in [0.2, 0.25) is 0 Å². The van der Waals surface area contributed by atoms with Crippen LogP contribution in [-0.2, 0) is 9.53 Å². The van der Waals surface area contributed by atoms with Crippen molar-refractivity contribution in [3.63, 3.8) is 0 Å². The topological polar surface area (TPSA) is 61.3 Å². The van der Waals surface area contributed by atoms with Gasteiger partial charge in [-0.25, -0.2) is 4.99 Å². The fraction of sp³-hybridized carbons (Fsp3) is 0.269. The lowest BCUT2D eigenvalue weighted by molar-refractivity contribution is -0.141. The van der Waals surface area contributed by atoms with Crippen molar-refractivity contribution >= 4 is 44.9 Å². The van der Waals surface area contributed by atoms with Gasteiger partial charge in [0.2, 0.25) is 5.96 Å². The molecule has 1 fully saturated rings. The number of nitrogens with zero attached hydrogens (tertiary/aromatic N) is 5.